The number of carboxylic acid groups (broad SMARTS) is 1. The maximum Gasteiger partial charge on any atom is 0.320 e. The molecule has 0 aliphatic carbocycles. The van der Waals surface area contributed by atoms with Crippen LogP contribution in [0.3, 0.4) is 0 Å². The molecule has 0 radical (unpaired) electrons. The predicted octanol–water partition coefficient (Wildman–Crippen LogP) is 2.70. The number of aryl methyl sites for hydroxylation is 1. The maximum atomic E-state index is 10.8. The Kier molecular flexibility index (Phi) is 4.31. The number of benzene rings is 2. The van der Waals surface area contributed by atoms with Crippen molar-refractivity contribution in [3.05, 3.63) is 60.2 Å². The molecule has 2 aromatic rings. The lowest BCUT2D eigenvalue weighted by Gasteiger charge is -2.11. The van der Waals surface area contributed by atoms with Gasteiger partial charge >= 0.3 is 5.97 Å². The third kappa shape index (κ3) is 3.42. The summed E-state index contributed by atoms with van der Waals surface area (Å²) in [7, 11) is 0. The zero-order chi connectivity index (χ0) is 13.7. The van der Waals surface area contributed by atoms with Gasteiger partial charge in [0.15, 0.2) is 0 Å². The molecule has 0 bridgehead atoms. The lowest BCUT2D eigenvalue weighted by atomic mass is 9.95. The lowest BCUT2D eigenvalue weighted by Crippen LogP contribution is -2.30. The summed E-state index contributed by atoms with van der Waals surface area (Å²) in [5.74, 6) is -0.947. The number of hydrogen-bond donors (Lipinski definition) is 2. The van der Waals surface area contributed by atoms with Crippen LogP contribution in [-0.4, -0.2) is 17.1 Å². The summed E-state index contributed by atoms with van der Waals surface area (Å²) < 4.78 is 0. The van der Waals surface area contributed by atoms with Gasteiger partial charge in [-0.25, -0.2) is 0 Å². The number of nitrogens with two attached hydrogens (primary N) is 1. The van der Waals surface area contributed by atoms with Crippen molar-refractivity contribution in [3.8, 4) is 11.1 Å². The monoisotopic (exact) mass is 255 g/mol. The smallest absolute Gasteiger partial charge is 0.320 e. The number of carboxylic acids is 1. The van der Waals surface area contributed by atoms with E-state index in [0.717, 1.165) is 16.7 Å². The fourth-order valence-corrected chi connectivity index (χ4v) is 2.07. The Hall–Kier alpha value is -2.13. The molecule has 0 saturated heterocycles. The summed E-state index contributed by atoms with van der Waals surface area (Å²) >= 11 is 0. The zero-order valence-electron chi connectivity index (χ0n) is 10.6. The van der Waals surface area contributed by atoms with Crippen molar-refractivity contribution in [2.45, 2.75) is 18.9 Å². The number of hydrogen-bond acceptors (Lipinski definition) is 2. The highest BCUT2D eigenvalue weighted by Crippen LogP contribution is 2.24. The zero-order valence-corrected chi connectivity index (χ0v) is 10.6. The van der Waals surface area contributed by atoms with Gasteiger partial charge in [-0.2, -0.15) is 0 Å². The molecule has 0 spiro atoms. The molecular formula is C16H17NO2. The average Bonchev–Trinajstić information content (AvgIpc) is 2.46. The van der Waals surface area contributed by atoms with Crippen LogP contribution < -0.4 is 5.73 Å². The highest BCUT2D eigenvalue weighted by atomic mass is 16.4. The molecule has 0 aliphatic rings. The first-order valence-electron chi connectivity index (χ1n) is 6.30. The second kappa shape index (κ2) is 6.16. The molecule has 0 aliphatic heterocycles. The van der Waals surface area contributed by atoms with Crippen LogP contribution in [0.2, 0.25) is 0 Å². The first-order chi connectivity index (χ1) is 9.18. The molecule has 0 heterocycles. The van der Waals surface area contributed by atoms with Crippen LogP contribution in [0.5, 0.6) is 0 Å². The highest BCUT2D eigenvalue weighted by molar-refractivity contribution is 5.73. The van der Waals surface area contributed by atoms with Crippen LogP contribution in [0, 0.1) is 0 Å². The molecule has 3 nitrogen and oxygen atoms in total. The summed E-state index contributed by atoms with van der Waals surface area (Å²) in [6.07, 6.45) is 1.11. The molecule has 0 fully saturated rings. The molecule has 1 atom stereocenters. The van der Waals surface area contributed by atoms with Crippen molar-refractivity contribution in [2.24, 2.45) is 5.73 Å². The first kappa shape index (κ1) is 13.3. The first-order valence-corrected chi connectivity index (χ1v) is 6.30. The molecule has 3 N–H and O–H groups in total. The van der Waals surface area contributed by atoms with Gasteiger partial charge in [0.25, 0.3) is 0 Å². The molecule has 2 aromatic carbocycles. The largest absolute Gasteiger partial charge is 0.480 e. The fourth-order valence-electron chi connectivity index (χ4n) is 2.07. The highest BCUT2D eigenvalue weighted by Gasteiger charge is 2.12. The molecule has 98 valence electrons. The van der Waals surface area contributed by atoms with Crippen molar-refractivity contribution < 1.29 is 9.90 Å². The second-order valence-corrected chi connectivity index (χ2v) is 4.51. The number of carbonyl (C=O) groups is 1. The van der Waals surface area contributed by atoms with Crippen molar-refractivity contribution in [1.29, 1.82) is 0 Å². The SMILES string of the molecule is N[C@H](CCc1ccccc1-c1ccccc1)C(=O)O. The van der Waals surface area contributed by atoms with Gasteiger partial charge in [-0.1, -0.05) is 54.6 Å². The molecule has 3 heteroatoms. The van der Waals surface area contributed by atoms with Crippen LogP contribution in [0.15, 0.2) is 54.6 Å². The summed E-state index contributed by atoms with van der Waals surface area (Å²) in [5, 5.41) is 8.82. The molecular weight excluding hydrogens is 238 g/mol. The Morgan fingerprint density at radius 2 is 1.68 bits per heavy atom. The predicted molar refractivity (Wildman–Crippen MR) is 75.8 cm³/mol. The quantitative estimate of drug-likeness (QED) is 0.863. The van der Waals surface area contributed by atoms with Gasteiger partial charge in [-0.05, 0) is 29.5 Å². The van der Waals surface area contributed by atoms with Gasteiger partial charge in [0, 0.05) is 0 Å². The molecule has 2 rings (SSSR count). The normalized spacial score (nSPS) is 12.1. The average molecular weight is 255 g/mol. The minimum absolute atomic E-state index is 0.444. The van der Waals surface area contributed by atoms with E-state index in [1.807, 2.05) is 36.4 Å². The number of rotatable bonds is 5. The van der Waals surface area contributed by atoms with Crippen LogP contribution in [-0.2, 0) is 11.2 Å². The van der Waals surface area contributed by atoms with Crippen LogP contribution in [0.4, 0.5) is 0 Å². The maximum absolute atomic E-state index is 10.8. The third-order valence-electron chi connectivity index (χ3n) is 3.14. The van der Waals surface area contributed by atoms with Crippen LogP contribution in [0.1, 0.15) is 12.0 Å². The summed E-state index contributed by atoms with van der Waals surface area (Å²) in [6.45, 7) is 0. The van der Waals surface area contributed by atoms with E-state index in [9.17, 15) is 4.79 Å². The van der Waals surface area contributed by atoms with E-state index in [2.05, 4.69) is 18.2 Å². The Balaban J connectivity index is 2.20. The minimum atomic E-state index is -0.947. The van der Waals surface area contributed by atoms with Crippen molar-refractivity contribution in [1.82, 2.24) is 0 Å². The Morgan fingerprint density at radius 3 is 2.37 bits per heavy atom. The molecule has 19 heavy (non-hydrogen) atoms. The Bertz CT molecular complexity index is 552. The van der Waals surface area contributed by atoms with Gasteiger partial charge in [0.1, 0.15) is 6.04 Å². The van der Waals surface area contributed by atoms with Crippen LogP contribution in [0.25, 0.3) is 11.1 Å². The minimum Gasteiger partial charge on any atom is -0.480 e. The van der Waals surface area contributed by atoms with Gasteiger partial charge in [-0.15, -0.1) is 0 Å². The molecule has 0 amide bonds. The Labute approximate surface area is 112 Å². The van der Waals surface area contributed by atoms with Gasteiger partial charge < -0.3 is 10.8 Å². The van der Waals surface area contributed by atoms with E-state index in [1.165, 1.54) is 0 Å². The molecule has 0 unspecified atom stereocenters. The second-order valence-electron chi connectivity index (χ2n) is 4.51. The summed E-state index contributed by atoms with van der Waals surface area (Å²) in [6, 6.07) is 17.3. The van der Waals surface area contributed by atoms with Crippen LogP contribution >= 0.6 is 0 Å². The van der Waals surface area contributed by atoms with E-state index in [-0.39, 0.29) is 0 Å². The van der Waals surface area contributed by atoms with E-state index < -0.39 is 12.0 Å². The Morgan fingerprint density at radius 1 is 1.05 bits per heavy atom. The standard InChI is InChI=1S/C16H17NO2/c17-15(16(18)19)11-10-13-8-4-5-9-14(13)12-6-2-1-3-7-12/h1-9,15H,10-11,17H2,(H,18,19)/t15-/m1/s1. The number of aliphatic carboxylic acids is 1. The van der Waals surface area contributed by atoms with Crippen molar-refractivity contribution in [3.63, 3.8) is 0 Å². The van der Waals surface area contributed by atoms with Gasteiger partial charge in [0.05, 0.1) is 0 Å². The van der Waals surface area contributed by atoms with Crippen molar-refractivity contribution >= 4 is 5.97 Å². The molecule has 0 aromatic heterocycles. The molecule has 0 saturated carbocycles. The van der Waals surface area contributed by atoms with Gasteiger partial charge in [0.2, 0.25) is 0 Å². The van der Waals surface area contributed by atoms with E-state index in [4.69, 9.17) is 10.8 Å². The van der Waals surface area contributed by atoms with E-state index in [1.54, 1.807) is 0 Å². The summed E-state index contributed by atoms with van der Waals surface area (Å²) in [4.78, 5) is 10.8. The fraction of sp³-hybridized carbons (Fsp3) is 0.188. The third-order valence-corrected chi connectivity index (χ3v) is 3.14. The summed E-state index contributed by atoms with van der Waals surface area (Å²) in [5.41, 5.74) is 8.96. The van der Waals surface area contributed by atoms with E-state index >= 15 is 0 Å². The van der Waals surface area contributed by atoms with Gasteiger partial charge in [-0.3, -0.25) is 4.79 Å². The lowest BCUT2D eigenvalue weighted by molar-refractivity contribution is -0.138. The topological polar surface area (TPSA) is 63.3 Å². The van der Waals surface area contributed by atoms with E-state index in [0.29, 0.717) is 12.8 Å². The van der Waals surface area contributed by atoms with Crippen molar-refractivity contribution in [2.75, 3.05) is 0 Å².